The Morgan fingerprint density at radius 3 is 2.19 bits per heavy atom. The zero-order valence-electron chi connectivity index (χ0n) is 22.8. The van der Waals surface area contributed by atoms with Gasteiger partial charge in [0.1, 0.15) is 6.61 Å². The lowest BCUT2D eigenvalue weighted by molar-refractivity contribution is -0.193. The Morgan fingerprint density at radius 2 is 1.60 bits per heavy atom. The average molecular weight is 582 g/mol. The number of halogens is 3. The van der Waals surface area contributed by atoms with Gasteiger partial charge in [0.2, 0.25) is 6.29 Å². The summed E-state index contributed by atoms with van der Waals surface area (Å²) >= 11 is 0. The van der Waals surface area contributed by atoms with Crippen LogP contribution in [0.5, 0.6) is 0 Å². The first kappa shape index (κ1) is 30.4. The van der Waals surface area contributed by atoms with Gasteiger partial charge >= 0.3 is 12.3 Å². The highest BCUT2D eigenvalue weighted by atomic mass is 19.4. The minimum Gasteiger partial charge on any atom is -0.445 e. The molecule has 0 N–H and O–H groups in total. The molecule has 0 saturated carbocycles. The third-order valence-electron chi connectivity index (χ3n) is 6.69. The van der Waals surface area contributed by atoms with Crippen LogP contribution in [0.3, 0.4) is 0 Å². The SMILES string of the molecule is C[C@H]([C@@H]1CC[C@@H](N=[N+]=[N-])C(OC(=Nc2ccccc2)C(F)(F)F)O1)N(Cc1ccccc1)C(=O)OCc1ccccc1. The summed E-state index contributed by atoms with van der Waals surface area (Å²) < 4.78 is 58.7. The van der Waals surface area contributed by atoms with E-state index in [2.05, 4.69) is 15.0 Å². The Morgan fingerprint density at radius 1 is 1.00 bits per heavy atom. The molecule has 42 heavy (non-hydrogen) atoms. The van der Waals surface area contributed by atoms with Crippen molar-refractivity contribution in [1.82, 2.24) is 4.90 Å². The highest BCUT2D eigenvalue weighted by Crippen LogP contribution is 2.31. The first-order valence-electron chi connectivity index (χ1n) is 13.3. The van der Waals surface area contributed by atoms with Gasteiger partial charge in [-0.25, -0.2) is 9.79 Å². The van der Waals surface area contributed by atoms with Crippen LogP contribution in [0, 0.1) is 0 Å². The normalized spacial score (nSPS) is 19.7. The number of ether oxygens (including phenoxy) is 3. The first-order chi connectivity index (χ1) is 20.2. The van der Waals surface area contributed by atoms with Crippen molar-refractivity contribution in [2.24, 2.45) is 10.1 Å². The monoisotopic (exact) mass is 581 g/mol. The second kappa shape index (κ2) is 14.4. The van der Waals surface area contributed by atoms with Gasteiger partial charge in [-0.2, -0.15) is 13.2 Å². The number of rotatable bonds is 9. The fraction of sp³-hybridized carbons (Fsp3) is 0.333. The quantitative estimate of drug-likeness (QED) is 0.0848. The van der Waals surface area contributed by atoms with Crippen LogP contribution in [-0.2, 0) is 27.4 Å². The molecule has 4 atom stereocenters. The van der Waals surface area contributed by atoms with E-state index in [-0.39, 0.29) is 25.3 Å². The van der Waals surface area contributed by atoms with E-state index in [1.165, 1.54) is 17.0 Å². The predicted molar refractivity (Wildman–Crippen MR) is 150 cm³/mol. The zero-order valence-corrected chi connectivity index (χ0v) is 22.8. The molecule has 0 bridgehead atoms. The van der Waals surface area contributed by atoms with Gasteiger partial charge in [0, 0.05) is 11.5 Å². The lowest BCUT2D eigenvalue weighted by Gasteiger charge is -2.40. The van der Waals surface area contributed by atoms with Gasteiger partial charge in [-0.15, -0.1) is 0 Å². The number of amides is 1. The van der Waals surface area contributed by atoms with Crippen molar-refractivity contribution in [3.8, 4) is 0 Å². The number of nitrogens with zero attached hydrogens (tertiary/aromatic N) is 5. The molecule has 1 amide bonds. The van der Waals surface area contributed by atoms with E-state index in [1.807, 2.05) is 60.7 Å². The number of alkyl halides is 3. The molecule has 1 aliphatic rings. The fourth-order valence-corrected chi connectivity index (χ4v) is 4.49. The Kier molecular flexibility index (Phi) is 10.4. The number of hydrogen-bond donors (Lipinski definition) is 0. The Labute approximate surface area is 241 Å². The van der Waals surface area contributed by atoms with E-state index in [0.29, 0.717) is 6.42 Å². The van der Waals surface area contributed by atoms with Crippen LogP contribution < -0.4 is 0 Å². The summed E-state index contributed by atoms with van der Waals surface area (Å²) in [5, 5.41) is 3.61. The van der Waals surface area contributed by atoms with Crippen LogP contribution in [0.25, 0.3) is 10.4 Å². The van der Waals surface area contributed by atoms with E-state index in [0.717, 1.165) is 11.1 Å². The topological polar surface area (TPSA) is 109 Å². The van der Waals surface area contributed by atoms with Gasteiger partial charge < -0.3 is 14.2 Å². The second-order valence-electron chi connectivity index (χ2n) is 9.65. The third-order valence-corrected chi connectivity index (χ3v) is 6.69. The molecule has 0 spiro atoms. The van der Waals surface area contributed by atoms with Gasteiger partial charge in [0.05, 0.1) is 23.9 Å². The van der Waals surface area contributed by atoms with Gasteiger partial charge in [-0.05, 0) is 48.6 Å². The smallest absolute Gasteiger partial charge is 0.445 e. The van der Waals surface area contributed by atoms with Crippen molar-refractivity contribution in [1.29, 1.82) is 0 Å². The maximum atomic E-state index is 13.9. The van der Waals surface area contributed by atoms with Crippen LogP contribution in [-0.4, -0.2) is 47.5 Å². The molecule has 0 radical (unpaired) electrons. The molecular weight excluding hydrogens is 551 g/mol. The lowest BCUT2D eigenvalue weighted by atomic mass is 9.98. The Balaban J connectivity index is 1.56. The summed E-state index contributed by atoms with van der Waals surface area (Å²) in [7, 11) is 0. The lowest BCUT2D eigenvalue weighted by Crippen LogP contribution is -2.52. The number of benzene rings is 3. The minimum absolute atomic E-state index is 0.0288. The molecule has 1 unspecified atom stereocenters. The average Bonchev–Trinajstić information content (AvgIpc) is 3.00. The predicted octanol–water partition coefficient (Wildman–Crippen LogP) is 7.71. The van der Waals surface area contributed by atoms with E-state index >= 15 is 0 Å². The molecule has 3 aromatic rings. The maximum Gasteiger partial charge on any atom is 0.468 e. The zero-order chi connectivity index (χ0) is 30.0. The van der Waals surface area contributed by atoms with E-state index < -0.39 is 42.6 Å². The maximum absolute atomic E-state index is 13.9. The molecule has 0 aliphatic carbocycles. The van der Waals surface area contributed by atoms with Gasteiger partial charge in [0.15, 0.2) is 0 Å². The van der Waals surface area contributed by atoms with E-state index in [9.17, 15) is 18.0 Å². The molecule has 0 aromatic heterocycles. The van der Waals surface area contributed by atoms with Crippen LogP contribution >= 0.6 is 0 Å². The summed E-state index contributed by atoms with van der Waals surface area (Å²) in [6, 6.07) is 24.2. The van der Waals surface area contributed by atoms with Crippen molar-refractivity contribution in [2.45, 2.75) is 63.6 Å². The summed E-state index contributed by atoms with van der Waals surface area (Å²) in [6.07, 6.45) is -7.46. The Hall–Kier alpha value is -4.54. The van der Waals surface area contributed by atoms with Crippen LogP contribution in [0.2, 0.25) is 0 Å². The van der Waals surface area contributed by atoms with Crippen LogP contribution in [0.1, 0.15) is 30.9 Å². The van der Waals surface area contributed by atoms with E-state index in [1.54, 1.807) is 25.1 Å². The molecule has 3 aromatic carbocycles. The number of para-hydroxylation sites is 1. The molecular formula is C30H30F3N5O4. The summed E-state index contributed by atoms with van der Waals surface area (Å²) in [6.45, 7) is 1.94. The second-order valence-corrected chi connectivity index (χ2v) is 9.65. The molecule has 1 fully saturated rings. The van der Waals surface area contributed by atoms with Crippen LogP contribution in [0.15, 0.2) is 101 Å². The highest BCUT2D eigenvalue weighted by Gasteiger charge is 2.44. The van der Waals surface area contributed by atoms with E-state index in [4.69, 9.17) is 19.7 Å². The minimum atomic E-state index is -4.95. The molecule has 1 heterocycles. The van der Waals surface area contributed by atoms with Crippen LogP contribution in [0.4, 0.5) is 23.7 Å². The fourth-order valence-electron chi connectivity index (χ4n) is 4.49. The number of hydrogen-bond acceptors (Lipinski definition) is 6. The van der Waals surface area contributed by atoms with Crippen molar-refractivity contribution in [3.63, 3.8) is 0 Å². The molecule has 12 heteroatoms. The van der Waals surface area contributed by atoms with Crippen molar-refractivity contribution in [3.05, 3.63) is 113 Å². The number of carbonyl (C=O) groups excluding carboxylic acids is 1. The van der Waals surface area contributed by atoms with Gasteiger partial charge in [0.25, 0.3) is 5.90 Å². The molecule has 1 aliphatic heterocycles. The summed E-state index contributed by atoms with van der Waals surface area (Å²) in [5.74, 6) is -1.53. The summed E-state index contributed by atoms with van der Waals surface area (Å²) in [5.41, 5.74) is 10.7. The highest BCUT2D eigenvalue weighted by molar-refractivity contribution is 5.84. The van der Waals surface area contributed by atoms with Gasteiger partial charge in [-0.3, -0.25) is 4.90 Å². The number of aliphatic imine (C=N–C) groups is 1. The summed E-state index contributed by atoms with van der Waals surface area (Å²) in [4.78, 5) is 21.2. The van der Waals surface area contributed by atoms with Crippen molar-refractivity contribution in [2.75, 3.05) is 0 Å². The third kappa shape index (κ3) is 8.48. The van der Waals surface area contributed by atoms with Crippen molar-refractivity contribution >= 4 is 17.7 Å². The Bertz CT molecular complexity index is 1370. The largest absolute Gasteiger partial charge is 0.468 e. The number of azide groups is 1. The van der Waals surface area contributed by atoms with Gasteiger partial charge in [-0.1, -0.05) is 84.0 Å². The molecule has 220 valence electrons. The first-order valence-corrected chi connectivity index (χ1v) is 13.3. The standard InChI is InChI=1S/C30H30F3N5O4/c1-21(38(19-22-11-5-2-6-12-22)29(39)40-20-23-13-7-3-8-14-23)26-18-17-25(36-37-34)27(41-26)42-28(30(31,32)33)35-24-15-9-4-10-16-24/h2-16,21,25-27H,17-20H2,1H3/t21-,25-,26+,27?/m1/s1. The molecule has 9 nitrogen and oxygen atoms in total. The number of carbonyl (C=O) groups is 1. The van der Waals surface area contributed by atoms with Crippen molar-refractivity contribution < 1.29 is 32.2 Å². The molecule has 4 rings (SSSR count). The molecule has 1 saturated heterocycles.